The van der Waals surface area contributed by atoms with E-state index in [0.29, 0.717) is 45.2 Å². The number of carbonyl (C=O) groups is 6. The first kappa shape index (κ1) is 32.0. The SMILES string of the molecule is CC[C@H](C)[C@H](NC(=O)[C@H](C)NC(=O)CNC(=O)[C@@H]1CCCN1C(=O)[C@@H]1CCCN1C(=O)[C@@H](N)C(C)C)C(=O)O. The lowest BCUT2D eigenvalue weighted by molar-refractivity contribution is -0.147. The third kappa shape index (κ3) is 8.13. The van der Waals surface area contributed by atoms with Gasteiger partial charge in [0.2, 0.25) is 29.5 Å². The molecule has 2 fully saturated rings. The molecule has 6 N–H and O–H groups in total. The molecule has 2 saturated heterocycles. The molecule has 0 aromatic heterocycles. The Bertz CT molecular complexity index is 942. The fourth-order valence-corrected chi connectivity index (χ4v) is 4.86. The van der Waals surface area contributed by atoms with Crippen molar-refractivity contribution in [3.63, 3.8) is 0 Å². The van der Waals surface area contributed by atoms with E-state index < -0.39 is 60.4 Å². The summed E-state index contributed by atoms with van der Waals surface area (Å²) in [5.41, 5.74) is 6.04. The highest BCUT2D eigenvalue weighted by molar-refractivity contribution is 5.95. The third-order valence-corrected chi connectivity index (χ3v) is 7.63. The van der Waals surface area contributed by atoms with Crippen molar-refractivity contribution in [2.75, 3.05) is 19.6 Å². The fourth-order valence-electron chi connectivity index (χ4n) is 4.86. The lowest BCUT2D eigenvalue weighted by Gasteiger charge is -2.32. The summed E-state index contributed by atoms with van der Waals surface area (Å²) in [6.07, 6.45) is 2.76. The van der Waals surface area contributed by atoms with E-state index in [0.717, 1.165) is 0 Å². The summed E-state index contributed by atoms with van der Waals surface area (Å²) in [7, 11) is 0. The van der Waals surface area contributed by atoms with Gasteiger partial charge in [-0.3, -0.25) is 24.0 Å². The molecule has 2 aliphatic rings. The van der Waals surface area contributed by atoms with Gasteiger partial charge >= 0.3 is 5.97 Å². The number of likely N-dealkylation sites (tertiary alicyclic amines) is 2. The number of nitrogens with one attached hydrogen (secondary N) is 3. The van der Waals surface area contributed by atoms with E-state index >= 15 is 0 Å². The van der Waals surface area contributed by atoms with E-state index in [4.69, 9.17) is 5.73 Å². The maximum Gasteiger partial charge on any atom is 0.326 e. The van der Waals surface area contributed by atoms with Gasteiger partial charge in [0.05, 0.1) is 12.6 Å². The summed E-state index contributed by atoms with van der Waals surface area (Å²) >= 11 is 0. The van der Waals surface area contributed by atoms with E-state index in [1.54, 1.807) is 6.92 Å². The molecule has 0 aromatic carbocycles. The molecular formula is C26H44N6O7. The van der Waals surface area contributed by atoms with E-state index in [2.05, 4.69) is 16.0 Å². The zero-order valence-corrected chi connectivity index (χ0v) is 23.6. The number of hydrogen-bond donors (Lipinski definition) is 5. The highest BCUT2D eigenvalue weighted by Gasteiger charge is 2.43. The van der Waals surface area contributed by atoms with Crippen molar-refractivity contribution in [2.24, 2.45) is 17.6 Å². The zero-order chi connectivity index (χ0) is 29.4. The van der Waals surface area contributed by atoms with E-state index in [9.17, 15) is 33.9 Å². The van der Waals surface area contributed by atoms with Gasteiger partial charge in [0.25, 0.3) is 0 Å². The number of rotatable bonds is 12. The lowest BCUT2D eigenvalue weighted by atomic mass is 9.99. The number of amides is 5. The molecule has 2 heterocycles. The second-order valence-corrected chi connectivity index (χ2v) is 10.9. The number of carboxylic acids is 1. The maximum atomic E-state index is 13.4. The molecular weight excluding hydrogens is 508 g/mol. The van der Waals surface area contributed by atoms with Crippen LogP contribution >= 0.6 is 0 Å². The van der Waals surface area contributed by atoms with Gasteiger partial charge < -0.3 is 36.6 Å². The monoisotopic (exact) mass is 552 g/mol. The predicted molar refractivity (Wildman–Crippen MR) is 142 cm³/mol. The van der Waals surface area contributed by atoms with Gasteiger partial charge in [-0.1, -0.05) is 34.1 Å². The average molecular weight is 553 g/mol. The molecule has 0 aromatic rings. The number of carboxylic acid groups (broad SMARTS) is 1. The van der Waals surface area contributed by atoms with Gasteiger partial charge in [0.15, 0.2) is 0 Å². The van der Waals surface area contributed by atoms with Crippen molar-refractivity contribution >= 4 is 35.5 Å². The predicted octanol–water partition coefficient (Wildman–Crippen LogP) is -0.812. The highest BCUT2D eigenvalue weighted by Crippen LogP contribution is 2.26. The Hall–Kier alpha value is -3.22. The first-order chi connectivity index (χ1) is 18.3. The number of aliphatic carboxylic acids is 1. The summed E-state index contributed by atoms with van der Waals surface area (Å²) < 4.78 is 0. The van der Waals surface area contributed by atoms with Crippen molar-refractivity contribution in [2.45, 2.75) is 96.9 Å². The van der Waals surface area contributed by atoms with Crippen LogP contribution in [-0.2, 0) is 28.8 Å². The summed E-state index contributed by atoms with van der Waals surface area (Å²) in [5.74, 6) is -3.87. The molecule has 0 spiro atoms. The number of nitrogens with zero attached hydrogens (tertiary/aromatic N) is 2. The standard InChI is InChI=1S/C26H44N6O7/c1-6-15(4)21(26(38)39)30-22(34)16(5)29-19(33)13-28-23(35)17-9-7-11-31(17)24(36)18-10-8-12-32(18)25(37)20(27)14(2)3/h14-18,20-21H,6-13,27H2,1-5H3,(H,28,35)(H,29,33)(H,30,34)(H,38,39)/t15-,16-,17-,18-,20-,21-/m0/s1. The molecule has 5 amide bonds. The van der Waals surface area contributed by atoms with Crippen molar-refractivity contribution in [1.29, 1.82) is 0 Å². The fraction of sp³-hybridized carbons (Fsp3) is 0.769. The molecule has 0 bridgehead atoms. The number of carbonyl (C=O) groups excluding carboxylic acids is 5. The van der Waals surface area contributed by atoms with E-state index in [-0.39, 0.29) is 23.7 Å². The van der Waals surface area contributed by atoms with Crippen LogP contribution in [0.4, 0.5) is 0 Å². The number of hydrogen-bond acceptors (Lipinski definition) is 7. The summed E-state index contributed by atoms with van der Waals surface area (Å²) in [5, 5.41) is 16.8. The first-order valence-electron chi connectivity index (χ1n) is 13.8. The Kier molecular flexibility index (Phi) is 11.7. The van der Waals surface area contributed by atoms with Crippen molar-refractivity contribution in [3.8, 4) is 0 Å². The van der Waals surface area contributed by atoms with Crippen molar-refractivity contribution in [1.82, 2.24) is 25.8 Å². The van der Waals surface area contributed by atoms with Crippen LogP contribution in [0.25, 0.3) is 0 Å². The van der Waals surface area contributed by atoms with Gasteiger partial charge in [0.1, 0.15) is 24.2 Å². The van der Waals surface area contributed by atoms with Crippen LogP contribution in [0.5, 0.6) is 0 Å². The Morgan fingerprint density at radius 1 is 0.923 bits per heavy atom. The van der Waals surface area contributed by atoms with Gasteiger partial charge in [-0.25, -0.2) is 4.79 Å². The molecule has 13 heteroatoms. The van der Waals surface area contributed by atoms with Crippen molar-refractivity contribution in [3.05, 3.63) is 0 Å². The second kappa shape index (κ2) is 14.2. The first-order valence-corrected chi connectivity index (χ1v) is 13.8. The molecule has 0 radical (unpaired) electrons. The minimum atomic E-state index is -1.16. The molecule has 0 unspecified atom stereocenters. The average Bonchev–Trinajstić information content (AvgIpc) is 3.58. The minimum absolute atomic E-state index is 0.0717. The van der Waals surface area contributed by atoms with E-state index in [1.807, 2.05) is 20.8 Å². The summed E-state index contributed by atoms with van der Waals surface area (Å²) in [6, 6.07) is -4.24. The van der Waals surface area contributed by atoms with Crippen molar-refractivity contribution < 1.29 is 33.9 Å². The third-order valence-electron chi connectivity index (χ3n) is 7.63. The molecule has 39 heavy (non-hydrogen) atoms. The van der Waals surface area contributed by atoms with E-state index in [1.165, 1.54) is 16.7 Å². The summed E-state index contributed by atoms with van der Waals surface area (Å²) in [6.45, 7) is 9.02. The Labute approximate surface area is 229 Å². The Balaban J connectivity index is 1.92. The highest BCUT2D eigenvalue weighted by atomic mass is 16.4. The quantitative estimate of drug-likeness (QED) is 0.207. The summed E-state index contributed by atoms with van der Waals surface area (Å²) in [4.78, 5) is 78.4. The molecule has 13 nitrogen and oxygen atoms in total. The maximum absolute atomic E-state index is 13.4. The van der Waals surface area contributed by atoms with Crippen LogP contribution in [-0.4, -0.2) is 100 Å². The molecule has 2 aliphatic heterocycles. The van der Waals surface area contributed by atoms with Gasteiger partial charge in [-0.05, 0) is 44.4 Å². The molecule has 220 valence electrons. The van der Waals surface area contributed by atoms with Crippen LogP contribution in [0.15, 0.2) is 0 Å². The molecule has 0 aliphatic carbocycles. The van der Waals surface area contributed by atoms with Gasteiger partial charge in [-0.15, -0.1) is 0 Å². The van der Waals surface area contributed by atoms with Crippen LogP contribution in [0.2, 0.25) is 0 Å². The zero-order valence-electron chi connectivity index (χ0n) is 23.6. The Morgan fingerprint density at radius 2 is 1.51 bits per heavy atom. The normalized spacial score (nSPS) is 22.1. The van der Waals surface area contributed by atoms with Crippen LogP contribution < -0.4 is 21.7 Å². The van der Waals surface area contributed by atoms with Gasteiger partial charge in [-0.2, -0.15) is 0 Å². The van der Waals surface area contributed by atoms with Crippen LogP contribution in [0.1, 0.15) is 66.7 Å². The van der Waals surface area contributed by atoms with Crippen LogP contribution in [0.3, 0.4) is 0 Å². The molecule has 0 saturated carbocycles. The van der Waals surface area contributed by atoms with Gasteiger partial charge in [0, 0.05) is 13.1 Å². The topological polar surface area (TPSA) is 191 Å². The molecule has 2 rings (SSSR count). The largest absolute Gasteiger partial charge is 0.480 e. The van der Waals surface area contributed by atoms with Crippen LogP contribution in [0, 0.1) is 11.8 Å². The second-order valence-electron chi connectivity index (χ2n) is 10.9. The molecule has 6 atom stereocenters. The number of nitrogens with two attached hydrogens (primary N) is 1. The lowest BCUT2D eigenvalue weighted by Crippen LogP contribution is -2.56. The smallest absolute Gasteiger partial charge is 0.326 e. The minimum Gasteiger partial charge on any atom is -0.480 e. The Morgan fingerprint density at radius 3 is 2.08 bits per heavy atom.